The van der Waals surface area contributed by atoms with Gasteiger partial charge in [-0.3, -0.25) is 0 Å². The summed E-state index contributed by atoms with van der Waals surface area (Å²) in [5.41, 5.74) is 24.0. The zero-order chi connectivity index (χ0) is 51.1. The lowest BCUT2D eigenvalue weighted by Gasteiger charge is -2.39. The molecular formula is C76H48N2. The Balaban J connectivity index is 0.851. The summed E-state index contributed by atoms with van der Waals surface area (Å²) in [6.07, 6.45) is 0. The molecule has 2 heterocycles. The average molecular weight is 989 g/mol. The molecule has 2 nitrogen and oxygen atoms in total. The van der Waals surface area contributed by atoms with Gasteiger partial charge in [0, 0.05) is 27.4 Å². The lowest BCUT2D eigenvalue weighted by Crippen LogP contribution is -2.33. The lowest BCUT2D eigenvalue weighted by molar-refractivity contribution is 0.749. The second-order valence-corrected chi connectivity index (χ2v) is 21.4. The minimum Gasteiger partial charge on any atom is -0.309 e. The van der Waals surface area contributed by atoms with Crippen LogP contribution in [0.3, 0.4) is 0 Å². The number of para-hydroxylation sites is 3. The van der Waals surface area contributed by atoms with Gasteiger partial charge in [0.25, 0.3) is 0 Å². The van der Waals surface area contributed by atoms with Crippen LogP contribution in [0, 0.1) is 0 Å². The number of hydrogen-bond acceptors (Lipinski definition) is 1. The van der Waals surface area contributed by atoms with Crippen LogP contribution < -0.4 is 4.90 Å². The summed E-state index contributed by atoms with van der Waals surface area (Å²) in [6, 6.07) is 109. The van der Waals surface area contributed by atoms with Crippen molar-refractivity contribution in [1.29, 1.82) is 0 Å². The van der Waals surface area contributed by atoms with E-state index < -0.39 is 10.8 Å². The van der Waals surface area contributed by atoms with Crippen molar-refractivity contribution >= 4 is 60.4 Å². The van der Waals surface area contributed by atoms with E-state index in [4.69, 9.17) is 0 Å². The largest absolute Gasteiger partial charge is 0.309 e. The Morgan fingerprint density at radius 3 is 1.68 bits per heavy atom. The molecule has 14 aromatic rings. The van der Waals surface area contributed by atoms with Crippen LogP contribution in [-0.4, -0.2) is 4.57 Å². The Morgan fingerprint density at radius 1 is 0.295 bits per heavy atom. The Hall–Kier alpha value is -10.0. The molecule has 0 N–H and O–H groups in total. The summed E-state index contributed by atoms with van der Waals surface area (Å²) >= 11 is 0. The van der Waals surface area contributed by atoms with Gasteiger partial charge in [-0.05, 0) is 137 Å². The highest BCUT2D eigenvalue weighted by Gasteiger charge is 2.51. The summed E-state index contributed by atoms with van der Waals surface area (Å²) in [4.78, 5) is 2.52. The van der Waals surface area contributed by atoms with Crippen LogP contribution in [0.2, 0.25) is 0 Å². The quantitative estimate of drug-likeness (QED) is 0.161. The van der Waals surface area contributed by atoms with E-state index in [2.05, 4.69) is 301 Å². The molecule has 1 unspecified atom stereocenters. The number of benzene rings is 13. The molecular weight excluding hydrogens is 941 g/mol. The van der Waals surface area contributed by atoms with Crippen LogP contribution in [0.25, 0.3) is 82.4 Å². The Labute approximate surface area is 453 Å². The van der Waals surface area contributed by atoms with Crippen molar-refractivity contribution in [2.45, 2.75) is 10.8 Å². The zero-order valence-corrected chi connectivity index (χ0v) is 42.6. The SMILES string of the molecule is c1ccc(C2(c3ccccc3)c3ccccc3-c3c(N(c4ccc5cc(-c6ccc7c(c6)C6(c8ccccc8-7)c7ccccc7-n7c8ccccc8c8cccc6c87)ccc5c4)c4cccc5ccccc45)cccc32)cc1. The topological polar surface area (TPSA) is 8.17 Å². The molecule has 1 aliphatic heterocycles. The van der Waals surface area contributed by atoms with Gasteiger partial charge in [-0.15, -0.1) is 0 Å². The first-order valence-corrected chi connectivity index (χ1v) is 27.2. The Bertz CT molecular complexity index is 4770. The first-order chi connectivity index (χ1) is 38.7. The fourth-order valence-corrected chi connectivity index (χ4v) is 14.8. The van der Waals surface area contributed by atoms with Crippen LogP contribution in [-0.2, 0) is 10.8 Å². The summed E-state index contributed by atoms with van der Waals surface area (Å²) in [6.45, 7) is 0. The fourth-order valence-electron chi connectivity index (χ4n) is 14.8. The molecule has 2 aliphatic carbocycles. The fraction of sp³-hybridized carbons (Fsp3) is 0.0263. The van der Waals surface area contributed by atoms with Gasteiger partial charge in [-0.1, -0.05) is 243 Å². The van der Waals surface area contributed by atoms with E-state index in [1.807, 2.05) is 0 Å². The predicted octanol–water partition coefficient (Wildman–Crippen LogP) is 19.3. The van der Waals surface area contributed by atoms with E-state index in [0.717, 1.165) is 17.1 Å². The summed E-state index contributed by atoms with van der Waals surface area (Å²) in [5, 5.41) is 7.36. The van der Waals surface area contributed by atoms with Gasteiger partial charge in [0.15, 0.2) is 0 Å². The maximum atomic E-state index is 2.52. The van der Waals surface area contributed by atoms with Gasteiger partial charge < -0.3 is 9.47 Å². The minimum atomic E-state index is -0.525. The molecule has 0 amide bonds. The smallest absolute Gasteiger partial charge is 0.0754 e. The number of aromatic nitrogens is 1. The highest BCUT2D eigenvalue weighted by molar-refractivity contribution is 6.13. The molecule has 1 atom stereocenters. The van der Waals surface area contributed by atoms with Crippen molar-refractivity contribution < 1.29 is 0 Å². The number of nitrogens with zero attached hydrogens (tertiary/aromatic N) is 2. The molecule has 3 aliphatic rings. The third kappa shape index (κ3) is 5.65. The van der Waals surface area contributed by atoms with Crippen molar-refractivity contribution in [1.82, 2.24) is 4.57 Å². The highest BCUT2D eigenvalue weighted by atomic mass is 15.1. The van der Waals surface area contributed by atoms with E-state index in [1.165, 1.54) is 127 Å². The number of rotatable bonds is 6. The maximum absolute atomic E-state index is 2.52. The van der Waals surface area contributed by atoms with Crippen molar-refractivity contribution in [2.75, 3.05) is 4.90 Å². The third-order valence-corrected chi connectivity index (χ3v) is 17.8. The van der Waals surface area contributed by atoms with Gasteiger partial charge in [-0.25, -0.2) is 0 Å². The van der Waals surface area contributed by atoms with Crippen LogP contribution in [0.1, 0.15) is 44.5 Å². The number of fused-ring (bicyclic) bond motifs is 17. The van der Waals surface area contributed by atoms with E-state index in [-0.39, 0.29) is 0 Å². The van der Waals surface area contributed by atoms with Crippen molar-refractivity contribution in [2.24, 2.45) is 0 Å². The molecule has 17 rings (SSSR count). The Morgan fingerprint density at radius 2 is 0.846 bits per heavy atom. The number of anilines is 3. The van der Waals surface area contributed by atoms with E-state index in [0.29, 0.717) is 0 Å². The lowest BCUT2D eigenvalue weighted by atomic mass is 9.65. The molecule has 0 saturated heterocycles. The van der Waals surface area contributed by atoms with Crippen LogP contribution in [0.5, 0.6) is 0 Å². The second-order valence-electron chi connectivity index (χ2n) is 21.4. The van der Waals surface area contributed by atoms with Gasteiger partial charge in [-0.2, -0.15) is 0 Å². The van der Waals surface area contributed by atoms with E-state index >= 15 is 0 Å². The second kappa shape index (κ2) is 16.2. The summed E-state index contributed by atoms with van der Waals surface area (Å²) < 4.78 is 2.52. The monoisotopic (exact) mass is 988 g/mol. The number of hydrogen-bond donors (Lipinski definition) is 0. The predicted molar refractivity (Wildman–Crippen MR) is 324 cm³/mol. The molecule has 0 fully saturated rings. The summed E-state index contributed by atoms with van der Waals surface area (Å²) in [5.74, 6) is 0. The van der Waals surface area contributed by atoms with E-state index in [1.54, 1.807) is 0 Å². The standard InChI is InChI=1S/C76H48N2/c1-3-22-54(23-4-1)75(55-24-5-2-6-25-55)64-32-13-10-29-62(64)73-66(75)34-19-39-72(73)77(69-38-17-21-49-20-7-8-26-57(49)69)56-44-42-51-46-50(40-41-52(51)47-56)53-43-45-59-58-27-9-12-31-63(58)76(68(59)48-53)65-33-14-16-37-71(65)78-70-36-15-11-28-60(70)61-30-18-35-67(76)74(61)78/h1-48H. The third-order valence-electron chi connectivity index (χ3n) is 17.8. The van der Waals surface area contributed by atoms with Gasteiger partial charge in [0.05, 0.1) is 38.9 Å². The normalized spacial score (nSPS) is 15.1. The molecule has 1 spiro atoms. The summed E-state index contributed by atoms with van der Waals surface area (Å²) in [7, 11) is 0. The minimum absolute atomic E-state index is 0.515. The van der Waals surface area contributed by atoms with Gasteiger partial charge in [0.2, 0.25) is 0 Å². The zero-order valence-electron chi connectivity index (χ0n) is 42.6. The molecule has 2 heteroatoms. The Kier molecular flexibility index (Phi) is 9.01. The molecule has 78 heavy (non-hydrogen) atoms. The van der Waals surface area contributed by atoms with Gasteiger partial charge >= 0.3 is 0 Å². The van der Waals surface area contributed by atoms with Crippen molar-refractivity contribution in [3.8, 4) is 39.1 Å². The molecule has 0 saturated carbocycles. The molecule has 13 aromatic carbocycles. The van der Waals surface area contributed by atoms with Crippen LogP contribution >= 0.6 is 0 Å². The highest BCUT2D eigenvalue weighted by Crippen LogP contribution is 2.63. The van der Waals surface area contributed by atoms with Crippen LogP contribution in [0.4, 0.5) is 17.1 Å². The van der Waals surface area contributed by atoms with E-state index in [9.17, 15) is 0 Å². The van der Waals surface area contributed by atoms with Crippen LogP contribution in [0.15, 0.2) is 291 Å². The van der Waals surface area contributed by atoms with Crippen molar-refractivity contribution in [3.05, 3.63) is 336 Å². The first kappa shape index (κ1) is 43.2. The first-order valence-electron chi connectivity index (χ1n) is 27.2. The molecule has 362 valence electrons. The molecule has 1 aromatic heterocycles. The average Bonchev–Trinajstić information content (AvgIpc) is 3.14. The molecule has 0 radical (unpaired) electrons. The molecule has 0 bridgehead atoms. The van der Waals surface area contributed by atoms with Gasteiger partial charge in [0.1, 0.15) is 0 Å². The van der Waals surface area contributed by atoms with Crippen molar-refractivity contribution in [3.63, 3.8) is 0 Å². The maximum Gasteiger partial charge on any atom is 0.0754 e.